The zero-order valence-corrected chi connectivity index (χ0v) is 9.50. The van der Waals surface area contributed by atoms with Crippen LogP contribution in [0.1, 0.15) is 10.4 Å². The van der Waals surface area contributed by atoms with Crippen molar-refractivity contribution in [3.05, 3.63) is 29.8 Å². The van der Waals surface area contributed by atoms with Gasteiger partial charge in [-0.3, -0.25) is 9.59 Å². The van der Waals surface area contributed by atoms with Crippen molar-refractivity contribution in [1.82, 2.24) is 5.32 Å². The maximum atomic E-state index is 11.8. The molecule has 1 aromatic rings. The smallest absolute Gasteiger partial charge is 0.311 e. The van der Waals surface area contributed by atoms with E-state index in [0.29, 0.717) is 5.56 Å². The molecular weight excluding hydrogens is 238 g/mol. The number of ether oxygens (including phenoxy) is 1. The second kappa shape index (κ2) is 5.05. The number of carbonyl (C=O) groups excluding carboxylic acids is 1. The van der Waals surface area contributed by atoms with Gasteiger partial charge in [-0.25, -0.2) is 0 Å². The van der Waals surface area contributed by atoms with E-state index in [1.54, 1.807) is 0 Å². The Balaban J connectivity index is 2.03. The van der Waals surface area contributed by atoms with E-state index < -0.39 is 17.9 Å². The second-order valence-electron chi connectivity index (χ2n) is 4.11. The predicted octanol–water partition coefficient (Wildman–Crippen LogP) is 0.222. The van der Waals surface area contributed by atoms with Crippen molar-refractivity contribution >= 4 is 11.9 Å². The fourth-order valence-electron chi connectivity index (χ4n) is 1.80. The SMILES string of the molecule is O=C(NC1COCC1C(=O)O)c1ccc(O)cc1. The maximum Gasteiger partial charge on any atom is 0.311 e. The molecule has 1 aromatic carbocycles. The highest BCUT2D eigenvalue weighted by molar-refractivity contribution is 5.94. The van der Waals surface area contributed by atoms with Gasteiger partial charge in [-0.15, -0.1) is 0 Å². The van der Waals surface area contributed by atoms with E-state index in [4.69, 9.17) is 14.9 Å². The number of phenols is 1. The molecule has 1 aliphatic rings. The summed E-state index contributed by atoms with van der Waals surface area (Å²) in [5.74, 6) is -2.01. The highest BCUT2D eigenvalue weighted by Crippen LogP contribution is 2.15. The van der Waals surface area contributed by atoms with Crippen LogP contribution in [0, 0.1) is 5.92 Å². The fraction of sp³-hybridized carbons (Fsp3) is 0.333. The van der Waals surface area contributed by atoms with Crippen molar-refractivity contribution in [3.63, 3.8) is 0 Å². The number of phenolic OH excluding ortho intramolecular Hbond substituents is 1. The molecule has 6 heteroatoms. The Morgan fingerprint density at radius 3 is 2.50 bits per heavy atom. The van der Waals surface area contributed by atoms with Crippen LogP contribution < -0.4 is 5.32 Å². The van der Waals surface area contributed by atoms with E-state index in [1.165, 1.54) is 24.3 Å². The van der Waals surface area contributed by atoms with Crippen LogP contribution in [0.3, 0.4) is 0 Å². The van der Waals surface area contributed by atoms with Gasteiger partial charge < -0.3 is 20.3 Å². The van der Waals surface area contributed by atoms with Crippen LogP contribution in [-0.4, -0.2) is 41.3 Å². The number of aliphatic carboxylic acids is 1. The minimum Gasteiger partial charge on any atom is -0.508 e. The molecule has 1 saturated heterocycles. The van der Waals surface area contributed by atoms with Gasteiger partial charge in [0.2, 0.25) is 0 Å². The maximum absolute atomic E-state index is 11.8. The summed E-state index contributed by atoms with van der Waals surface area (Å²) in [6.07, 6.45) is 0. The van der Waals surface area contributed by atoms with Crippen LogP contribution in [0.25, 0.3) is 0 Å². The van der Waals surface area contributed by atoms with E-state index in [0.717, 1.165) is 0 Å². The monoisotopic (exact) mass is 251 g/mol. The number of rotatable bonds is 3. The molecule has 1 heterocycles. The molecule has 0 aromatic heterocycles. The van der Waals surface area contributed by atoms with Gasteiger partial charge in [0, 0.05) is 5.56 Å². The Morgan fingerprint density at radius 1 is 1.22 bits per heavy atom. The quantitative estimate of drug-likeness (QED) is 0.714. The highest BCUT2D eigenvalue weighted by atomic mass is 16.5. The second-order valence-corrected chi connectivity index (χ2v) is 4.11. The van der Waals surface area contributed by atoms with Gasteiger partial charge in [-0.05, 0) is 24.3 Å². The van der Waals surface area contributed by atoms with Crippen molar-refractivity contribution < 1.29 is 24.5 Å². The molecule has 0 bridgehead atoms. The summed E-state index contributed by atoms with van der Waals surface area (Å²) in [5, 5.41) is 20.7. The van der Waals surface area contributed by atoms with Crippen LogP contribution in [0.15, 0.2) is 24.3 Å². The summed E-state index contributed by atoms with van der Waals surface area (Å²) in [7, 11) is 0. The van der Waals surface area contributed by atoms with Crippen LogP contribution in [0.2, 0.25) is 0 Å². The van der Waals surface area contributed by atoms with Crippen LogP contribution in [0.4, 0.5) is 0 Å². The number of carboxylic acid groups (broad SMARTS) is 1. The van der Waals surface area contributed by atoms with E-state index in [9.17, 15) is 9.59 Å². The van der Waals surface area contributed by atoms with Crippen LogP contribution in [0.5, 0.6) is 5.75 Å². The lowest BCUT2D eigenvalue weighted by Gasteiger charge is -2.15. The molecular formula is C12H13NO5. The van der Waals surface area contributed by atoms with Gasteiger partial charge in [0.15, 0.2) is 0 Å². The van der Waals surface area contributed by atoms with Gasteiger partial charge in [0.1, 0.15) is 11.7 Å². The molecule has 1 fully saturated rings. The molecule has 0 spiro atoms. The molecule has 18 heavy (non-hydrogen) atoms. The van der Waals surface area contributed by atoms with Crippen LogP contribution in [-0.2, 0) is 9.53 Å². The molecule has 0 radical (unpaired) electrons. The molecule has 0 saturated carbocycles. The van der Waals surface area contributed by atoms with Gasteiger partial charge >= 0.3 is 5.97 Å². The van der Waals surface area contributed by atoms with E-state index in [-0.39, 0.29) is 24.9 Å². The first-order chi connectivity index (χ1) is 8.58. The normalized spacial score (nSPS) is 22.7. The molecule has 96 valence electrons. The molecule has 0 aliphatic carbocycles. The first kappa shape index (κ1) is 12.4. The summed E-state index contributed by atoms with van der Waals surface area (Å²) in [5.41, 5.74) is 0.365. The number of nitrogens with one attached hydrogen (secondary N) is 1. The summed E-state index contributed by atoms with van der Waals surface area (Å²) < 4.78 is 5.05. The number of carboxylic acids is 1. The lowest BCUT2D eigenvalue weighted by molar-refractivity contribution is -0.142. The predicted molar refractivity (Wildman–Crippen MR) is 61.3 cm³/mol. The Bertz CT molecular complexity index is 456. The van der Waals surface area contributed by atoms with Gasteiger partial charge in [-0.2, -0.15) is 0 Å². The third-order valence-corrected chi connectivity index (χ3v) is 2.84. The molecule has 1 aliphatic heterocycles. The van der Waals surface area contributed by atoms with Crippen molar-refractivity contribution in [3.8, 4) is 5.75 Å². The van der Waals surface area contributed by atoms with Crippen molar-refractivity contribution in [1.29, 1.82) is 0 Å². The van der Waals surface area contributed by atoms with E-state index in [2.05, 4.69) is 5.32 Å². The number of amides is 1. The van der Waals surface area contributed by atoms with E-state index >= 15 is 0 Å². The highest BCUT2D eigenvalue weighted by Gasteiger charge is 2.35. The zero-order valence-electron chi connectivity index (χ0n) is 9.50. The average molecular weight is 251 g/mol. The van der Waals surface area contributed by atoms with Crippen molar-refractivity contribution in [2.75, 3.05) is 13.2 Å². The molecule has 3 N–H and O–H groups in total. The number of carbonyl (C=O) groups is 2. The molecule has 2 unspecified atom stereocenters. The minimum absolute atomic E-state index is 0.0687. The molecule has 6 nitrogen and oxygen atoms in total. The summed E-state index contributed by atoms with van der Waals surface area (Å²) >= 11 is 0. The largest absolute Gasteiger partial charge is 0.508 e. The zero-order chi connectivity index (χ0) is 13.1. The van der Waals surface area contributed by atoms with Crippen LogP contribution >= 0.6 is 0 Å². The molecule has 2 atom stereocenters. The Hall–Kier alpha value is -2.08. The lowest BCUT2D eigenvalue weighted by Crippen LogP contribution is -2.42. The number of hydrogen-bond acceptors (Lipinski definition) is 4. The summed E-state index contributed by atoms with van der Waals surface area (Å²) in [6.45, 7) is 0.302. The van der Waals surface area contributed by atoms with E-state index in [1.807, 2.05) is 0 Å². The minimum atomic E-state index is -0.983. The summed E-state index contributed by atoms with van der Waals surface area (Å²) in [6, 6.07) is 5.21. The molecule has 2 rings (SSSR count). The fourth-order valence-corrected chi connectivity index (χ4v) is 1.80. The Labute approximate surface area is 103 Å². The topological polar surface area (TPSA) is 95.9 Å². The first-order valence-electron chi connectivity index (χ1n) is 5.48. The molecule has 1 amide bonds. The lowest BCUT2D eigenvalue weighted by atomic mass is 10.0. The number of aromatic hydroxyl groups is 1. The van der Waals surface area contributed by atoms with Crippen molar-refractivity contribution in [2.45, 2.75) is 6.04 Å². The van der Waals surface area contributed by atoms with Gasteiger partial charge in [0.25, 0.3) is 5.91 Å². The standard InChI is InChI=1S/C12H13NO5/c14-8-3-1-7(2-4-8)11(15)13-10-6-18-5-9(10)12(16)17/h1-4,9-10,14H,5-6H2,(H,13,15)(H,16,17). The number of hydrogen-bond donors (Lipinski definition) is 3. The third kappa shape index (κ3) is 2.60. The number of benzene rings is 1. The van der Waals surface area contributed by atoms with Crippen molar-refractivity contribution in [2.24, 2.45) is 5.92 Å². The average Bonchev–Trinajstić information content (AvgIpc) is 2.78. The first-order valence-corrected chi connectivity index (χ1v) is 5.48. The summed E-state index contributed by atoms with van der Waals surface area (Å²) in [4.78, 5) is 22.7. The Morgan fingerprint density at radius 2 is 1.89 bits per heavy atom. The van der Waals surface area contributed by atoms with Gasteiger partial charge in [-0.1, -0.05) is 0 Å². The van der Waals surface area contributed by atoms with Gasteiger partial charge in [0.05, 0.1) is 19.3 Å². The Kier molecular flexibility index (Phi) is 3.47. The third-order valence-electron chi connectivity index (χ3n) is 2.84.